The number of aryl methyl sites for hydroxylation is 3. The van der Waals surface area contributed by atoms with Crippen molar-refractivity contribution in [2.45, 2.75) is 65.5 Å². The van der Waals surface area contributed by atoms with Crippen LogP contribution in [0.3, 0.4) is 0 Å². The van der Waals surface area contributed by atoms with Gasteiger partial charge in [-0.15, -0.1) is 0 Å². The number of hydrogen-bond donors (Lipinski definition) is 1. The second-order valence-corrected chi connectivity index (χ2v) is 7.19. The summed E-state index contributed by atoms with van der Waals surface area (Å²) in [6.07, 6.45) is 6.53. The fourth-order valence-electron chi connectivity index (χ4n) is 3.85. The van der Waals surface area contributed by atoms with Crippen LogP contribution in [0.1, 0.15) is 54.5 Å². The van der Waals surface area contributed by atoms with Crippen molar-refractivity contribution in [3.05, 3.63) is 44.7 Å². The highest BCUT2D eigenvalue weighted by Crippen LogP contribution is 2.24. The van der Waals surface area contributed by atoms with Crippen LogP contribution in [0, 0.1) is 20.8 Å². The Kier molecular flexibility index (Phi) is 4.58. The second-order valence-electron chi connectivity index (χ2n) is 7.19. The van der Waals surface area contributed by atoms with Gasteiger partial charge in [0.2, 0.25) is 0 Å². The van der Waals surface area contributed by atoms with Crippen molar-refractivity contribution in [3.63, 3.8) is 0 Å². The summed E-state index contributed by atoms with van der Waals surface area (Å²) in [5.74, 6) is 0. The third-order valence-corrected chi connectivity index (χ3v) is 5.63. The van der Waals surface area contributed by atoms with Gasteiger partial charge in [0.05, 0.1) is 5.52 Å². The quantitative estimate of drug-likeness (QED) is 0.921. The summed E-state index contributed by atoms with van der Waals surface area (Å²) >= 11 is 0. The summed E-state index contributed by atoms with van der Waals surface area (Å²) in [6, 6.07) is 4.65. The Labute approximate surface area is 138 Å². The number of nitrogens with zero attached hydrogens (tertiary/aromatic N) is 1. The summed E-state index contributed by atoms with van der Waals surface area (Å²) in [4.78, 5) is 18.9. The first-order valence-electron chi connectivity index (χ1n) is 8.81. The Bertz CT molecular complexity index is 769. The molecule has 3 heteroatoms. The maximum Gasteiger partial charge on any atom is 0.194 e. The van der Waals surface area contributed by atoms with Gasteiger partial charge in [0, 0.05) is 29.2 Å². The summed E-state index contributed by atoms with van der Waals surface area (Å²) in [6.45, 7) is 6.95. The van der Waals surface area contributed by atoms with Crippen LogP contribution in [-0.2, 0) is 6.54 Å². The van der Waals surface area contributed by atoms with Crippen molar-refractivity contribution in [1.29, 1.82) is 0 Å². The topological polar surface area (TPSA) is 36.1 Å². The molecule has 1 saturated carbocycles. The van der Waals surface area contributed by atoms with Gasteiger partial charge < -0.3 is 4.98 Å². The van der Waals surface area contributed by atoms with E-state index in [1.807, 2.05) is 13.0 Å². The molecule has 0 bridgehead atoms. The van der Waals surface area contributed by atoms with E-state index in [2.05, 4.69) is 36.8 Å². The molecule has 0 unspecified atom stereocenters. The molecule has 0 saturated heterocycles. The molecule has 23 heavy (non-hydrogen) atoms. The predicted molar refractivity (Wildman–Crippen MR) is 97.1 cm³/mol. The first-order valence-corrected chi connectivity index (χ1v) is 8.81. The van der Waals surface area contributed by atoms with Gasteiger partial charge in [-0.25, -0.2) is 0 Å². The van der Waals surface area contributed by atoms with Gasteiger partial charge in [-0.2, -0.15) is 0 Å². The lowest BCUT2D eigenvalue weighted by Crippen LogP contribution is -2.34. The molecule has 1 heterocycles. The lowest BCUT2D eigenvalue weighted by atomic mass is 9.94. The van der Waals surface area contributed by atoms with Gasteiger partial charge in [-0.3, -0.25) is 9.69 Å². The van der Waals surface area contributed by atoms with Crippen molar-refractivity contribution in [3.8, 4) is 0 Å². The zero-order valence-corrected chi connectivity index (χ0v) is 14.8. The number of H-pyrrole nitrogens is 1. The van der Waals surface area contributed by atoms with Crippen LogP contribution < -0.4 is 5.43 Å². The van der Waals surface area contributed by atoms with Crippen molar-refractivity contribution < 1.29 is 0 Å². The molecular weight excluding hydrogens is 284 g/mol. The lowest BCUT2D eigenvalue weighted by Gasteiger charge is -2.31. The van der Waals surface area contributed by atoms with E-state index in [-0.39, 0.29) is 5.43 Å². The fourth-order valence-corrected chi connectivity index (χ4v) is 3.85. The zero-order valence-electron chi connectivity index (χ0n) is 14.8. The highest BCUT2D eigenvalue weighted by molar-refractivity contribution is 5.83. The van der Waals surface area contributed by atoms with E-state index in [0.29, 0.717) is 6.04 Å². The van der Waals surface area contributed by atoms with Crippen LogP contribution in [0.4, 0.5) is 0 Å². The summed E-state index contributed by atoms with van der Waals surface area (Å²) < 4.78 is 0. The molecule has 1 fully saturated rings. The van der Waals surface area contributed by atoms with Crippen LogP contribution >= 0.6 is 0 Å². The minimum atomic E-state index is 0.196. The normalized spacial score (nSPS) is 16.4. The van der Waals surface area contributed by atoms with E-state index >= 15 is 0 Å². The maximum atomic E-state index is 13.0. The molecule has 1 aliphatic rings. The fraction of sp³-hybridized carbons (Fsp3) is 0.550. The molecule has 1 aliphatic carbocycles. The number of benzene rings is 1. The van der Waals surface area contributed by atoms with Crippen molar-refractivity contribution >= 4 is 10.9 Å². The molecular formula is C20H28N2O. The predicted octanol–water partition coefficient (Wildman–Crippen LogP) is 4.22. The molecule has 1 aromatic carbocycles. The lowest BCUT2D eigenvalue weighted by molar-refractivity contribution is 0.184. The summed E-state index contributed by atoms with van der Waals surface area (Å²) in [5, 5.41) is 0.825. The SMILES string of the molecule is Cc1ccc2c(=O)c(CN(C)C3CCCCC3)c(C)[nH]c2c1C. The molecule has 0 spiro atoms. The number of hydrogen-bond acceptors (Lipinski definition) is 2. The van der Waals surface area contributed by atoms with Gasteiger partial charge in [0.1, 0.15) is 0 Å². The average Bonchev–Trinajstić information content (AvgIpc) is 2.56. The van der Waals surface area contributed by atoms with E-state index in [4.69, 9.17) is 0 Å². The van der Waals surface area contributed by atoms with Crippen molar-refractivity contribution in [1.82, 2.24) is 9.88 Å². The average molecular weight is 312 g/mol. The molecule has 1 N–H and O–H groups in total. The van der Waals surface area contributed by atoms with E-state index in [1.165, 1.54) is 43.2 Å². The van der Waals surface area contributed by atoms with Gasteiger partial charge in [-0.1, -0.05) is 25.3 Å². The second kappa shape index (κ2) is 6.48. The van der Waals surface area contributed by atoms with Gasteiger partial charge in [0.25, 0.3) is 0 Å². The number of rotatable bonds is 3. The Morgan fingerprint density at radius 3 is 2.52 bits per heavy atom. The zero-order chi connectivity index (χ0) is 16.6. The molecule has 0 amide bonds. The molecule has 3 nitrogen and oxygen atoms in total. The first kappa shape index (κ1) is 16.3. The van der Waals surface area contributed by atoms with E-state index in [0.717, 1.165) is 28.7 Å². The standard InChI is InChI=1S/C20H28N2O/c1-13-10-11-17-19(14(13)2)21-15(3)18(20(17)23)12-22(4)16-8-6-5-7-9-16/h10-11,16H,5-9,12H2,1-4H3,(H,21,23). The number of nitrogens with one attached hydrogen (secondary N) is 1. The van der Waals surface area contributed by atoms with E-state index in [9.17, 15) is 4.79 Å². The largest absolute Gasteiger partial charge is 0.358 e. The number of fused-ring (bicyclic) bond motifs is 1. The summed E-state index contributed by atoms with van der Waals surface area (Å²) in [7, 11) is 2.17. The maximum absolute atomic E-state index is 13.0. The minimum Gasteiger partial charge on any atom is -0.358 e. The molecule has 2 aromatic rings. The van der Waals surface area contributed by atoms with Gasteiger partial charge in [-0.05, 0) is 57.9 Å². The van der Waals surface area contributed by atoms with E-state index in [1.54, 1.807) is 0 Å². The number of aromatic amines is 1. The first-order chi connectivity index (χ1) is 11.0. The molecule has 3 rings (SSSR count). The molecule has 124 valence electrons. The summed E-state index contributed by atoms with van der Waals surface area (Å²) in [5.41, 5.74) is 5.53. The van der Waals surface area contributed by atoms with Crippen LogP contribution in [0.2, 0.25) is 0 Å². The smallest absolute Gasteiger partial charge is 0.194 e. The highest BCUT2D eigenvalue weighted by Gasteiger charge is 2.20. The third-order valence-electron chi connectivity index (χ3n) is 5.63. The molecule has 0 atom stereocenters. The van der Waals surface area contributed by atoms with Crippen LogP contribution in [0.25, 0.3) is 10.9 Å². The Morgan fingerprint density at radius 1 is 1.13 bits per heavy atom. The monoisotopic (exact) mass is 312 g/mol. The van der Waals surface area contributed by atoms with Crippen LogP contribution in [-0.4, -0.2) is 23.0 Å². The minimum absolute atomic E-state index is 0.196. The van der Waals surface area contributed by atoms with Crippen LogP contribution in [0.5, 0.6) is 0 Å². The number of pyridine rings is 1. The molecule has 1 aromatic heterocycles. The molecule has 0 aliphatic heterocycles. The highest BCUT2D eigenvalue weighted by atomic mass is 16.1. The Balaban J connectivity index is 1.98. The molecule has 0 radical (unpaired) electrons. The Hall–Kier alpha value is -1.61. The van der Waals surface area contributed by atoms with E-state index < -0.39 is 0 Å². The van der Waals surface area contributed by atoms with Gasteiger partial charge in [0.15, 0.2) is 5.43 Å². The van der Waals surface area contributed by atoms with Crippen LogP contribution in [0.15, 0.2) is 16.9 Å². The number of aromatic nitrogens is 1. The Morgan fingerprint density at radius 2 is 1.83 bits per heavy atom. The third kappa shape index (κ3) is 3.07. The van der Waals surface area contributed by atoms with Gasteiger partial charge >= 0.3 is 0 Å². The van der Waals surface area contributed by atoms with Crippen molar-refractivity contribution in [2.24, 2.45) is 0 Å². The van der Waals surface area contributed by atoms with Crippen molar-refractivity contribution in [2.75, 3.05) is 7.05 Å².